The van der Waals surface area contributed by atoms with Crippen molar-refractivity contribution in [2.75, 3.05) is 36.4 Å². The third-order valence-electron chi connectivity index (χ3n) is 6.07. The van der Waals surface area contributed by atoms with Crippen LogP contribution in [0.2, 0.25) is 0 Å². The Kier molecular flexibility index (Phi) is 8.16. The highest BCUT2D eigenvalue weighted by atomic mass is 32.2. The van der Waals surface area contributed by atoms with Crippen molar-refractivity contribution in [2.24, 2.45) is 0 Å². The molecular weight excluding hydrogens is 514 g/mol. The molecule has 0 radical (unpaired) electrons. The average Bonchev–Trinajstić information content (AvgIpc) is 2.93. The summed E-state index contributed by atoms with van der Waals surface area (Å²) in [6.45, 7) is 0.518. The molecule has 1 fully saturated rings. The monoisotopic (exact) mass is 543 g/mol. The molecule has 4 rings (SSSR count). The predicted molar refractivity (Wildman–Crippen MR) is 142 cm³/mol. The van der Waals surface area contributed by atoms with Crippen molar-refractivity contribution in [3.63, 3.8) is 0 Å². The summed E-state index contributed by atoms with van der Waals surface area (Å²) in [4.78, 5) is 13.1. The molecule has 3 aromatic carbocycles. The fourth-order valence-electron chi connectivity index (χ4n) is 4.08. The third-order valence-corrected chi connectivity index (χ3v) is 9.77. The van der Waals surface area contributed by atoms with Gasteiger partial charge >= 0.3 is 0 Å². The smallest absolute Gasteiger partial charge is 0.264 e. The van der Waals surface area contributed by atoms with Crippen molar-refractivity contribution >= 4 is 37.3 Å². The van der Waals surface area contributed by atoms with Gasteiger partial charge in [0, 0.05) is 18.8 Å². The highest BCUT2D eigenvalue weighted by molar-refractivity contribution is 7.92. The van der Waals surface area contributed by atoms with Crippen LogP contribution in [0, 0.1) is 0 Å². The normalized spacial score (nSPS) is 14.6. The van der Waals surface area contributed by atoms with Crippen molar-refractivity contribution in [2.45, 2.75) is 29.1 Å². The zero-order valence-corrected chi connectivity index (χ0v) is 22.0. The van der Waals surface area contributed by atoms with Crippen LogP contribution in [0.3, 0.4) is 0 Å². The lowest BCUT2D eigenvalue weighted by molar-refractivity contribution is -0.114. The van der Waals surface area contributed by atoms with Gasteiger partial charge in [0.15, 0.2) is 0 Å². The number of nitrogens with zero attached hydrogens (tertiary/aromatic N) is 2. The first kappa shape index (κ1) is 26.6. The third kappa shape index (κ3) is 6.12. The fourth-order valence-corrected chi connectivity index (χ4v) is 7.02. The van der Waals surface area contributed by atoms with Gasteiger partial charge in [0.25, 0.3) is 10.0 Å². The van der Waals surface area contributed by atoms with Gasteiger partial charge < -0.3 is 10.1 Å². The molecule has 9 nitrogen and oxygen atoms in total. The van der Waals surface area contributed by atoms with Gasteiger partial charge in [-0.1, -0.05) is 24.6 Å². The maximum atomic E-state index is 13.5. The van der Waals surface area contributed by atoms with Crippen molar-refractivity contribution in [1.82, 2.24) is 4.31 Å². The molecule has 1 N–H and O–H groups in total. The Morgan fingerprint density at radius 1 is 0.838 bits per heavy atom. The number of nitrogens with one attached hydrogen (secondary N) is 1. The molecule has 0 unspecified atom stereocenters. The summed E-state index contributed by atoms with van der Waals surface area (Å²) < 4.78 is 60.3. The Balaban J connectivity index is 1.52. The van der Waals surface area contributed by atoms with Crippen LogP contribution in [0.1, 0.15) is 19.3 Å². The zero-order chi connectivity index (χ0) is 26.5. The number of hydrogen-bond donors (Lipinski definition) is 1. The fraction of sp³-hybridized carbons (Fsp3) is 0.269. The van der Waals surface area contributed by atoms with E-state index in [4.69, 9.17) is 4.74 Å². The highest BCUT2D eigenvalue weighted by Crippen LogP contribution is 2.26. The van der Waals surface area contributed by atoms with E-state index in [0.29, 0.717) is 30.2 Å². The van der Waals surface area contributed by atoms with Crippen LogP contribution in [0.5, 0.6) is 5.75 Å². The summed E-state index contributed by atoms with van der Waals surface area (Å²) >= 11 is 0. The number of ether oxygens (including phenoxy) is 1. The highest BCUT2D eigenvalue weighted by Gasteiger charge is 2.28. The van der Waals surface area contributed by atoms with Crippen molar-refractivity contribution in [3.05, 3.63) is 78.9 Å². The van der Waals surface area contributed by atoms with Crippen LogP contribution in [0.4, 0.5) is 11.4 Å². The summed E-state index contributed by atoms with van der Waals surface area (Å²) in [6, 6.07) is 20.1. The van der Waals surface area contributed by atoms with Gasteiger partial charge in [0.05, 0.1) is 22.6 Å². The van der Waals surface area contributed by atoms with Crippen molar-refractivity contribution < 1.29 is 26.4 Å². The number of anilines is 2. The van der Waals surface area contributed by atoms with Crippen molar-refractivity contribution in [3.8, 4) is 5.75 Å². The molecule has 0 spiro atoms. The minimum atomic E-state index is -4.07. The minimum absolute atomic E-state index is 0.0113. The molecule has 1 amide bonds. The second-order valence-electron chi connectivity index (χ2n) is 8.56. The van der Waals surface area contributed by atoms with Gasteiger partial charge in [-0.3, -0.25) is 9.10 Å². The summed E-state index contributed by atoms with van der Waals surface area (Å²) in [6.07, 6.45) is 2.70. The minimum Gasteiger partial charge on any atom is -0.497 e. The standard InChI is InChI=1S/C26H29N3O6S2/c1-35-23-12-16-25(17-13-23)37(33,34)29(22-8-4-2-5-9-22)20-26(30)27-21-10-14-24(15-11-21)36(31,32)28-18-6-3-7-19-28/h2,4-5,8-17H,3,6-7,18-20H2,1H3,(H,27,30). The van der Waals surface area contributed by atoms with Crippen LogP contribution in [-0.4, -0.2) is 53.8 Å². The SMILES string of the molecule is COc1ccc(S(=O)(=O)N(CC(=O)Nc2ccc(S(=O)(=O)N3CCCCC3)cc2)c2ccccc2)cc1. The van der Waals surface area contributed by atoms with E-state index in [-0.39, 0.29) is 9.79 Å². The van der Waals surface area contributed by atoms with Crippen molar-refractivity contribution in [1.29, 1.82) is 0 Å². The summed E-state index contributed by atoms with van der Waals surface area (Å²) in [5, 5.41) is 2.67. The lowest BCUT2D eigenvalue weighted by atomic mass is 10.2. The zero-order valence-electron chi connectivity index (χ0n) is 20.4. The summed E-state index contributed by atoms with van der Waals surface area (Å²) in [5.74, 6) is -0.0683. The topological polar surface area (TPSA) is 113 Å². The number of carbonyl (C=O) groups excluding carboxylic acids is 1. The van der Waals surface area contributed by atoms with Crippen LogP contribution in [0.15, 0.2) is 88.7 Å². The van der Waals surface area contributed by atoms with E-state index in [1.165, 1.54) is 59.9 Å². The number of para-hydroxylation sites is 1. The Morgan fingerprint density at radius 2 is 1.43 bits per heavy atom. The number of carbonyl (C=O) groups is 1. The molecule has 0 saturated carbocycles. The molecule has 196 valence electrons. The number of methoxy groups -OCH3 is 1. The van der Waals surface area contributed by atoms with E-state index in [2.05, 4.69) is 5.32 Å². The molecule has 37 heavy (non-hydrogen) atoms. The van der Waals surface area contributed by atoms with Gasteiger partial charge in [0.2, 0.25) is 15.9 Å². The van der Waals surface area contributed by atoms with Crippen LogP contribution >= 0.6 is 0 Å². The molecule has 0 aliphatic carbocycles. The summed E-state index contributed by atoms with van der Waals surface area (Å²) in [5.41, 5.74) is 0.689. The first-order valence-electron chi connectivity index (χ1n) is 11.8. The first-order valence-corrected chi connectivity index (χ1v) is 14.7. The van der Waals surface area contributed by atoms with E-state index in [1.54, 1.807) is 30.3 Å². The van der Waals surface area contributed by atoms with Crippen LogP contribution in [0.25, 0.3) is 0 Å². The predicted octanol–water partition coefficient (Wildman–Crippen LogP) is 3.70. The van der Waals surface area contributed by atoms with E-state index in [9.17, 15) is 21.6 Å². The molecule has 0 aromatic heterocycles. The maximum Gasteiger partial charge on any atom is 0.264 e. The van der Waals surface area contributed by atoms with Gasteiger partial charge in [-0.15, -0.1) is 0 Å². The van der Waals surface area contributed by atoms with E-state index in [0.717, 1.165) is 23.6 Å². The molecule has 1 aliphatic rings. The van der Waals surface area contributed by atoms with Gasteiger partial charge in [-0.2, -0.15) is 4.31 Å². The number of benzene rings is 3. The molecule has 3 aromatic rings. The molecule has 1 saturated heterocycles. The number of sulfonamides is 2. The largest absolute Gasteiger partial charge is 0.497 e. The van der Waals surface area contributed by atoms with Gasteiger partial charge in [0.1, 0.15) is 12.3 Å². The quantitative estimate of drug-likeness (QED) is 0.440. The first-order chi connectivity index (χ1) is 17.7. The average molecular weight is 544 g/mol. The lowest BCUT2D eigenvalue weighted by Crippen LogP contribution is -2.38. The second kappa shape index (κ2) is 11.3. The second-order valence-corrected chi connectivity index (χ2v) is 12.4. The molecule has 1 aliphatic heterocycles. The number of piperidine rings is 1. The number of amides is 1. The lowest BCUT2D eigenvalue weighted by Gasteiger charge is -2.26. The van der Waals surface area contributed by atoms with E-state index >= 15 is 0 Å². The number of hydrogen-bond acceptors (Lipinski definition) is 6. The Morgan fingerprint density at radius 3 is 2.03 bits per heavy atom. The number of rotatable bonds is 9. The van der Waals surface area contributed by atoms with Crippen LogP contribution in [-0.2, 0) is 24.8 Å². The van der Waals surface area contributed by atoms with Gasteiger partial charge in [-0.05, 0) is 73.5 Å². The summed E-state index contributed by atoms with van der Waals surface area (Å²) in [7, 11) is -6.18. The maximum absolute atomic E-state index is 13.5. The van der Waals surface area contributed by atoms with E-state index < -0.39 is 32.5 Å². The molecule has 0 bridgehead atoms. The Hall–Kier alpha value is -3.41. The van der Waals surface area contributed by atoms with E-state index in [1.807, 2.05) is 0 Å². The molecule has 1 heterocycles. The van der Waals surface area contributed by atoms with Gasteiger partial charge in [-0.25, -0.2) is 16.8 Å². The molecule has 0 atom stereocenters. The Bertz CT molecular complexity index is 1420. The Labute approximate surface area is 217 Å². The molecule has 11 heteroatoms. The van der Waals surface area contributed by atoms with Crippen LogP contribution < -0.4 is 14.4 Å². The molecular formula is C26H29N3O6S2.